The molecule has 0 radical (unpaired) electrons. The summed E-state index contributed by atoms with van der Waals surface area (Å²) < 4.78 is 0. The smallest absolute Gasteiger partial charge is 0.00741 e. The van der Waals surface area contributed by atoms with Crippen molar-refractivity contribution in [3.63, 3.8) is 0 Å². The molecule has 2 aromatic carbocycles. The van der Waals surface area contributed by atoms with Crippen molar-refractivity contribution in [2.45, 2.75) is 12.8 Å². The molecule has 0 unspecified atom stereocenters. The Morgan fingerprint density at radius 3 is 2.00 bits per heavy atom. The zero-order valence-corrected chi connectivity index (χ0v) is 9.39. The molecule has 0 heterocycles. The molecule has 2 rings (SSSR count). The first-order valence-corrected chi connectivity index (χ1v) is 5.74. The first-order valence-electron chi connectivity index (χ1n) is 5.74. The molecule has 1 heteroatoms. The molecule has 0 atom stereocenters. The molecule has 0 saturated heterocycles. The SMILES string of the molecule is NCCCc1ccc(-c2ccccc2)cc1. The van der Waals surface area contributed by atoms with Gasteiger partial charge in [0.05, 0.1) is 0 Å². The summed E-state index contributed by atoms with van der Waals surface area (Å²) in [6.07, 6.45) is 2.14. The molecule has 0 aromatic heterocycles. The second kappa shape index (κ2) is 5.47. The molecular weight excluding hydrogens is 194 g/mol. The average molecular weight is 211 g/mol. The monoisotopic (exact) mass is 211 g/mol. The van der Waals surface area contributed by atoms with Crippen LogP contribution in [0.25, 0.3) is 11.1 Å². The normalized spacial score (nSPS) is 10.3. The van der Waals surface area contributed by atoms with Crippen molar-refractivity contribution < 1.29 is 0 Å². The molecule has 2 N–H and O–H groups in total. The summed E-state index contributed by atoms with van der Waals surface area (Å²) in [6, 6.07) is 19.2. The summed E-state index contributed by atoms with van der Waals surface area (Å²) in [5.74, 6) is 0. The highest BCUT2D eigenvalue weighted by atomic mass is 14.5. The molecule has 1 nitrogen and oxygen atoms in total. The van der Waals surface area contributed by atoms with E-state index in [1.165, 1.54) is 16.7 Å². The number of aryl methyl sites for hydroxylation is 1. The Labute approximate surface area is 96.9 Å². The van der Waals surface area contributed by atoms with E-state index in [2.05, 4.69) is 48.5 Å². The molecule has 0 spiro atoms. The summed E-state index contributed by atoms with van der Waals surface area (Å²) in [4.78, 5) is 0. The molecule has 0 amide bonds. The van der Waals surface area contributed by atoms with Crippen LogP contribution in [-0.2, 0) is 6.42 Å². The predicted molar refractivity (Wildman–Crippen MR) is 69.3 cm³/mol. The van der Waals surface area contributed by atoms with Crippen LogP contribution in [-0.4, -0.2) is 6.54 Å². The van der Waals surface area contributed by atoms with Crippen molar-refractivity contribution in [1.29, 1.82) is 0 Å². The van der Waals surface area contributed by atoms with Crippen molar-refractivity contribution in [1.82, 2.24) is 0 Å². The molecule has 16 heavy (non-hydrogen) atoms. The van der Waals surface area contributed by atoms with E-state index < -0.39 is 0 Å². The summed E-state index contributed by atoms with van der Waals surface area (Å²) in [6.45, 7) is 0.764. The number of hydrogen-bond donors (Lipinski definition) is 1. The molecule has 0 bridgehead atoms. The van der Waals surface area contributed by atoms with Crippen LogP contribution in [0.15, 0.2) is 54.6 Å². The summed E-state index contributed by atoms with van der Waals surface area (Å²) in [7, 11) is 0. The average Bonchev–Trinajstić information content (AvgIpc) is 2.38. The Kier molecular flexibility index (Phi) is 3.73. The van der Waals surface area contributed by atoms with Gasteiger partial charge in [-0.1, -0.05) is 54.6 Å². The van der Waals surface area contributed by atoms with Gasteiger partial charge in [-0.2, -0.15) is 0 Å². The topological polar surface area (TPSA) is 26.0 Å². The van der Waals surface area contributed by atoms with Gasteiger partial charge in [0.1, 0.15) is 0 Å². The third-order valence-electron chi connectivity index (χ3n) is 2.73. The first-order chi connectivity index (χ1) is 7.90. The quantitative estimate of drug-likeness (QED) is 0.825. The van der Waals surface area contributed by atoms with E-state index in [9.17, 15) is 0 Å². The maximum atomic E-state index is 5.50. The van der Waals surface area contributed by atoms with Crippen molar-refractivity contribution >= 4 is 0 Å². The minimum Gasteiger partial charge on any atom is -0.330 e. The van der Waals surface area contributed by atoms with Crippen LogP contribution in [0.4, 0.5) is 0 Å². The van der Waals surface area contributed by atoms with Crippen molar-refractivity contribution in [2.75, 3.05) is 6.54 Å². The lowest BCUT2D eigenvalue weighted by Crippen LogP contribution is -2.00. The summed E-state index contributed by atoms with van der Waals surface area (Å²) in [5.41, 5.74) is 9.41. The van der Waals surface area contributed by atoms with Crippen molar-refractivity contribution in [3.8, 4) is 11.1 Å². The van der Waals surface area contributed by atoms with Crippen LogP contribution in [0, 0.1) is 0 Å². The Bertz CT molecular complexity index is 417. The predicted octanol–water partition coefficient (Wildman–Crippen LogP) is 3.24. The zero-order chi connectivity index (χ0) is 11.2. The third kappa shape index (κ3) is 2.71. The van der Waals surface area contributed by atoms with Crippen molar-refractivity contribution in [2.24, 2.45) is 5.73 Å². The second-order valence-electron chi connectivity index (χ2n) is 3.96. The van der Waals surface area contributed by atoms with Crippen LogP contribution in [0.3, 0.4) is 0 Å². The fourth-order valence-electron chi connectivity index (χ4n) is 1.80. The fraction of sp³-hybridized carbons (Fsp3) is 0.200. The molecule has 82 valence electrons. The molecule has 0 fully saturated rings. The first kappa shape index (κ1) is 10.9. The molecular formula is C15H17N. The Balaban J connectivity index is 2.13. The maximum absolute atomic E-state index is 5.50. The van der Waals surface area contributed by atoms with Gasteiger partial charge in [-0.15, -0.1) is 0 Å². The largest absolute Gasteiger partial charge is 0.330 e. The van der Waals surface area contributed by atoms with Gasteiger partial charge in [-0.05, 0) is 36.1 Å². The highest BCUT2D eigenvalue weighted by Gasteiger charge is 1.96. The van der Waals surface area contributed by atoms with Gasteiger partial charge in [-0.25, -0.2) is 0 Å². The Hall–Kier alpha value is -1.60. The lowest BCUT2D eigenvalue weighted by Gasteiger charge is -2.03. The molecule has 0 aliphatic carbocycles. The third-order valence-corrected chi connectivity index (χ3v) is 2.73. The minimum absolute atomic E-state index is 0.764. The molecule has 0 aliphatic heterocycles. The summed E-state index contributed by atoms with van der Waals surface area (Å²) in [5, 5.41) is 0. The van der Waals surface area contributed by atoms with Crippen LogP contribution in [0.2, 0.25) is 0 Å². The van der Waals surface area contributed by atoms with Gasteiger partial charge >= 0.3 is 0 Å². The number of hydrogen-bond acceptors (Lipinski definition) is 1. The van der Waals surface area contributed by atoms with Crippen LogP contribution >= 0.6 is 0 Å². The second-order valence-corrected chi connectivity index (χ2v) is 3.96. The van der Waals surface area contributed by atoms with Gasteiger partial charge in [0, 0.05) is 0 Å². The van der Waals surface area contributed by atoms with E-state index in [4.69, 9.17) is 5.73 Å². The minimum atomic E-state index is 0.764. The zero-order valence-electron chi connectivity index (χ0n) is 9.39. The van der Waals surface area contributed by atoms with E-state index in [-0.39, 0.29) is 0 Å². The van der Waals surface area contributed by atoms with Crippen LogP contribution in [0.1, 0.15) is 12.0 Å². The van der Waals surface area contributed by atoms with E-state index in [1.54, 1.807) is 0 Å². The van der Waals surface area contributed by atoms with E-state index in [0.717, 1.165) is 19.4 Å². The van der Waals surface area contributed by atoms with Gasteiger partial charge in [0.2, 0.25) is 0 Å². The fourth-order valence-corrected chi connectivity index (χ4v) is 1.80. The standard InChI is InChI=1S/C15H17N/c16-12-4-5-13-8-10-15(11-9-13)14-6-2-1-3-7-14/h1-3,6-11H,4-5,12,16H2. The Morgan fingerprint density at radius 2 is 1.38 bits per heavy atom. The van der Waals surface area contributed by atoms with Gasteiger partial charge < -0.3 is 5.73 Å². The number of rotatable bonds is 4. The highest BCUT2D eigenvalue weighted by molar-refractivity contribution is 5.63. The van der Waals surface area contributed by atoms with Crippen LogP contribution < -0.4 is 5.73 Å². The van der Waals surface area contributed by atoms with E-state index >= 15 is 0 Å². The van der Waals surface area contributed by atoms with Crippen LogP contribution in [0.5, 0.6) is 0 Å². The van der Waals surface area contributed by atoms with Gasteiger partial charge in [-0.3, -0.25) is 0 Å². The lowest BCUT2D eigenvalue weighted by molar-refractivity contribution is 0.833. The molecule has 0 aliphatic rings. The summed E-state index contributed by atoms with van der Waals surface area (Å²) >= 11 is 0. The van der Waals surface area contributed by atoms with Crippen molar-refractivity contribution in [3.05, 3.63) is 60.2 Å². The lowest BCUT2D eigenvalue weighted by atomic mass is 10.0. The maximum Gasteiger partial charge on any atom is -0.00741 e. The highest BCUT2D eigenvalue weighted by Crippen LogP contribution is 2.19. The van der Waals surface area contributed by atoms with Gasteiger partial charge in [0.25, 0.3) is 0 Å². The van der Waals surface area contributed by atoms with E-state index in [0.29, 0.717) is 0 Å². The number of benzene rings is 2. The van der Waals surface area contributed by atoms with E-state index in [1.807, 2.05) is 6.07 Å². The molecule has 0 saturated carbocycles. The Morgan fingerprint density at radius 1 is 0.750 bits per heavy atom. The van der Waals surface area contributed by atoms with Gasteiger partial charge in [0.15, 0.2) is 0 Å². The number of nitrogens with two attached hydrogens (primary N) is 1. The molecule has 2 aromatic rings.